The number of anilines is 1. The number of H-pyrrole nitrogens is 1. The fraction of sp³-hybridized carbons (Fsp3) is 0.0400. The number of hydrogen-bond donors (Lipinski definition) is 2. The van der Waals surface area contributed by atoms with E-state index in [0.717, 1.165) is 17.0 Å². The Bertz CT molecular complexity index is 1370. The highest BCUT2D eigenvalue weighted by atomic mass is 16.4. The molecule has 0 radical (unpaired) electrons. The van der Waals surface area contributed by atoms with Crippen molar-refractivity contribution in [1.29, 1.82) is 0 Å². The number of aromatic nitrogens is 4. The molecule has 2 heterocycles. The Hall–Kier alpha value is -4.52. The number of carbonyl (C=O) groups is 1. The van der Waals surface area contributed by atoms with Crippen LogP contribution in [-0.4, -0.2) is 26.1 Å². The highest BCUT2D eigenvalue weighted by molar-refractivity contribution is 6.08. The molecule has 0 aliphatic rings. The van der Waals surface area contributed by atoms with Crippen LogP contribution in [0.5, 0.6) is 0 Å². The summed E-state index contributed by atoms with van der Waals surface area (Å²) in [6.45, 7) is 1.85. The molecule has 7 heteroatoms. The summed E-state index contributed by atoms with van der Waals surface area (Å²) in [5.41, 5.74) is 3.55. The summed E-state index contributed by atoms with van der Waals surface area (Å²) in [5.74, 6) is 2.15. The van der Waals surface area contributed by atoms with Crippen molar-refractivity contribution in [3.8, 4) is 34.2 Å². The van der Waals surface area contributed by atoms with Gasteiger partial charge in [-0.2, -0.15) is 5.10 Å². The van der Waals surface area contributed by atoms with Gasteiger partial charge in [-0.3, -0.25) is 9.89 Å². The lowest BCUT2D eigenvalue weighted by Gasteiger charge is -2.09. The van der Waals surface area contributed by atoms with Gasteiger partial charge < -0.3 is 9.73 Å². The SMILES string of the molecule is Cc1nc(-c2ccc(NC(=O)c3ccccc3-c3ncc(-c4ccccc4)o3)cc2)n[nH]1. The third-order valence-electron chi connectivity index (χ3n) is 4.96. The van der Waals surface area contributed by atoms with Gasteiger partial charge in [-0.15, -0.1) is 0 Å². The summed E-state index contributed by atoms with van der Waals surface area (Å²) >= 11 is 0. The van der Waals surface area contributed by atoms with Crippen LogP contribution in [0.25, 0.3) is 34.2 Å². The van der Waals surface area contributed by atoms with E-state index in [-0.39, 0.29) is 5.91 Å². The van der Waals surface area contributed by atoms with Crippen molar-refractivity contribution in [2.24, 2.45) is 0 Å². The maximum atomic E-state index is 13.0. The number of rotatable bonds is 5. The van der Waals surface area contributed by atoms with Crippen molar-refractivity contribution in [2.45, 2.75) is 6.92 Å². The van der Waals surface area contributed by atoms with E-state index in [1.165, 1.54) is 0 Å². The molecule has 1 amide bonds. The lowest BCUT2D eigenvalue weighted by atomic mass is 10.1. The fourth-order valence-corrected chi connectivity index (χ4v) is 3.37. The maximum absolute atomic E-state index is 13.0. The molecule has 32 heavy (non-hydrogen) atoms. The van der Waals surface area contributed by atoms with Gasteiger partial charge in [0.1, 0.15) is 5.82 Å². The Morgan fingerprint density at radius 3 is 2.41 bits per heavy atom. The average Bonchev–Trinajstić information content (AvgIpc) is 3.50. The normalized spacial score (nSPS) is 10.8. The van der Waals surface area contributed by atoms with E-state index in [0.29, 0.717) is 34.3 Å². The first-order valence-electron chi connectivity index (χ1n) is 10.1. The predicted octanol–water partition coefficient (Wildman–Crippen LogP) is 5.35. The smallest absolute Gasteiger partial charge is 0.256 e. The number of benzene rings is 3. The van der Waals surface area contributed by atoms with Crippen LogP contribution in [0.15, 0.2) is 89.5 Å². The number of nitrogens with zero attached hydrogens (tertiary/aromatic N) is 3. The fourth-order valence-electron chi connectivity index (χ4n) is 3.37. The minimum absolute atomic E-state index is 0.249. The summed E-state index contributed by atoms with van der Waals surface area (Å²) in [6.07, 6.45) is 1.67. The van der Waals surface area contributed by atoms with Crippen LogP contribution in [0.3, 0.4) is 0 Å². The molecule has 2 aromatic heterocycles. The van der Waals surface area contributed by atoms with Crippen molar-refractivity contribution in [2.75, 3.05) is 5.32 Å². The first-order valence-corrected chi connectivity index (χ1v) is 10.1. The summed E-state index contributed by atoms with van der Waals surface area (Å²) in [6, 6.07) is 24.3. The number of nitrogens with one attached hydrogen (secondary N) is 2. The molecule has 156 valence electrons. The molecule has 0 atom stereocenters. The van der Waals surface area contributed by atoms with Crippen molar-refractivity contribution in [3.63, 3.8) is 0 Å². The second-order valence-electron chi connectivity index (χ2n) is 7.22. The Balaban J connectivity index is 1.38. The van der Waals surface area contributed by atoms with Crippen molar-refractivity contribution in [1.82, 2.24) is 20.2 Å². The van der Waals surface area contributed by atoms with Crippen molar-refractivity contribution < 1.29 is 9.21 Å². The van der Waals surface area contributed by atoms with Gasteiger partial charge in [-0.25, -0.2) is 9.97 Å². The number of amides is 1. The Labute approximate surface area is 184 Å². The maximum Gasteiger partial charge on any atom is 0.256 e. The lowest BCUT2D eigenvalue weighted by Crippen LogP contribution is -2.13. The van der Waals surface area contributed by atoms with Crippen LogP contribution in [0.2, 0.25) is 0 Å². The quantitative estimate of drug-likeness (QED) is 0.398. The summed E-state index contributed by atoms with van der Waals surface area (Å²) in [7, 11) is 0. The van der Waals surface area contributed by atoms with E-state index in [4.69, 9.17) is 4.42 Å². The van der Waals surface area contributed by atoms with Gasteiger partial charge in [0.2, 0.25) is 5.89 Å². The molecule has 0 saturated carbocycles. The van der Waals surface area contributed by atoms with E-state index in [1.807, 2.05) is 79.7 Å². The molecule has 5 rings (SSSR count). The largest absolute Gasteiger partial charge is 0.436 e. The van der Waals surface area contributed by atoms with Gasteiger partial charge in [-0.1, -0.05) is 42.5 Å². The predicted molar refractivity (Wildman–Crippen MR) is 122 cm³/mol. The Morgan fingerprint density at radius 1 is 0.906 bits per heavy atom. The van der Waals surface area contributed by atoms with E-state index in [9.17, 15) is 4.79 Å². The zero-order chi connectivity index (χ0) is 21.9. The van der Waals surface area contributed by atoms with Gasteiger partial charge in [0.05, 0.1) is 11.8 Å². The van der Waals surface area contributed by atoms with Crippen LogP contribution in [0, 0.1) is 6.92 Å². The first-order chi connectivity index (χ1) is 15.7. The number of hydrogen-bond acceptors (Lipinski definition) is 5. The molecular formula is C25H19N5O2. The molecule has 0 fully saturated rings. The molecule has 0 spiro atoms. The molecule has 0 saturated heterocycles. The monoisotopic (exact) mass is 421 g/mol. The Kier molecular flexibility index (Phi) is 5.05. The molecule has 3 aromatic carbocycles. The number of aryl methyl sites for hydroxylation is 1. The van der Waals surface area contributed by atoms with Crippen LogP contribution in [0.1, 0.15) is 16.2 Å². The van der Waals surface area contributed by atoms with Crippen LogP contribution >= 0.6 is 0 Å². The van der Waals surface area contributed by atoms with E-state index in [1.54, 1.807) is 12.3 Å². The van der Waals surface area contributed by atoms with Gasteiger partial charge in [0, 0.05) is 22.4 Å². The van der Waals surface area contributed by atoms with E-state index >= 15 is 0 Å². The highest BCUT2D eigenvalue weighted by Gasteiger charge is 2.17. The molecule has 0 bridgehead atoms. The van der Waals surface area contributed by atoms with Crippen LogP contribution < -0.4 is 5.32 Å². The Morgan fingerprint density at radius 2 is 1.66 bits per heavy atom. The number of aromatic amines is 1. The number of oxazole rings is 1. The van der Waals surface area contributed by atoms with Crippen molar-refractivity contribution in [3.05, 3.63) is 96.4 Å². The molecule has 0 aliphatic heterocycles. The zero-order valence-corrected chi connectivity index (χ0v) is 17.2. The van der Waals surface area contributed by atoms with Gasteiger partial charge in [-0.05, 0) is 43.3 Å². The standard InChI is InChI=1S/C25H19N5O2/c1-16-27-23(30-29-16)18-11-13-19(14-12-18)28-24(31)20-9-5-6-10-21(20)25-26-15-22(32-25)17-7-3-2-4-8-17/h2-15H,1H3,(H,28,31)(H,27,29,30). The second-order valence-corrected chi connectivity index (χ2v) is 7.22. The minimum Gasteiger partial charge on any atom is -0.436 e. The second kappa shape index (κ2) is 8.31. The lowest BCUT2D eigenvalue weighted by molar-refractivity contribution is 0.102. The van der Waals surface area contributed by atoms with Crippen LogP contribution in [-0.2, 0) is 0 Å². The van der Waals surface area contributed by atoms with Gasteiger partial charge >= 0.3 is 0 Å². The average molecular weight is 421 g/mol. The highest BCUT2D eigenvalue weighted by Crippen LogP contribution is 2.28. The zero-order valence-electron chi connectivity index (χ0n) is 17.2. The van der Waals surface area contributed by atoms with Crippen LogP contribution in [0.4, 0.5) is 5.69 Å². The van der Waals surface area contributed by atoms with Gasteiger partial charge in [0.15, 0.2) is 11.6 Å². The number of carbonyl (C=O) groups excluding carboxylic acids is 1. The molecule has 7 nitrogen and oxygen atoms in total. The molecule has 5 aromatic rings. The molecule has 0 unspecified atom stereocenters. The van der Waals surface area contributed by atoms with Crippen molar-refractivity contribution >= 4 is 11.6 Å². The third kappa shape index (κ3) is 3.91. The minimum atomic E-state index is -0.249. The van der Waals surface area contributed by atoms with E-state index in [2.05, 4.69) is 25.5 Å². The molecule has 0 aliphatic carbocycles. The summed E-state index contributed by atoms with van der Waals surface area (Å²) in [4.78, 5) is 21.7. The third-order valence-corrected chi connectivity index (χ3v) is 4.96. The first kappa shape index (κ1) is 19.4. The molecular weight excluding hydrogens is 402 g/mol. The molecule has 2 N–H and O–H groups in total. The van der Waals surface area contributed by atoms with Gasteiger partial charge in [0.25, 0.3) is 5.91 Å². The summed E-state index contributed by atoms with van der Waals surface area (Å²) < 4.78 is 5.96. The summed E-state index contributed by atoms with van der Waals surface area (Å²) in [5, 5.41) is 9.91. The van der Waals surface area contributed by atoms with E-state index < -0.39 is 0 Å². The topological polar surface area (TPSA) is 96.7 Å².